The average Bonchev–Trinajstić information content (AvgIpc) is 3.38. The molecular formula is C23H29FN2O6S. The second-order valence-electron chi connectivity index (χ2n) is 7.98. The van der Waals surface area contributed by atoms with Gasteiger partial charge in [0.2, 0.25) is 10.0 Å². The van der Waals surface area contributed by atoms with E-state index in [0.29, 0.717) is 36.4 Å². The number of Topliss-reactive ketones (excluding diaryl/α,β-unsaturated/α-hetero) is 1. The third-order valence-electron chi connectivity index (χ3n) is 5.94. The van der Waals surface area contributed by atoms with Crippen molar-refractivity contribution in [1.29, 1.82) is 0 Å². The zero-order valence-electron chi connectivity index (χ0n) is 19.3. The Morgan fingerprint density at radius 2 is 1.91 bits per heavy atom. The van der Waals surface area contributed by atoms with E-state index in [0.717, 1.165) is 22.9 Å². The Labute approximate surface area is 193 Å². The summed E-state index contributed by atoms with van der Waals surface area (Å²) in [6.45, 7) is 5.75. The van der Waals surface area contributed by atoms with E-state index in [2.05, 4.69) is 0 Å². The molecule has 1 aromatic heterocycles. The van der Waals surface area contributed by atoms with Crippen LogP contribution in [-0.4, -0.2) is 62.0 Å². The van der Waals surface area contributed by atoms with Crippen molar-refractivity contribution in [3.8, 4) is 0 Å². The molecule has 0 saturated carbocycles. The molecule has 3 rings (SSSR count). The second-order valence-corrected chi connectivity index (χ2v) is 9.92. The van der Waals surface area contributed by atoms with E-state index in [9.17, 15) is 22.4 Å². The lowest BCUT2D eigenvalue weighted by atomic mass is 10.1. The molecular weight excluding hydrogens is 451 g/mol. The van der Waals surface area contributed by atoms with Gasteiger partial charge in [-0.25, -0.2) is 17.6 Å². The summed E-state index contributed by atoms with van der Waals surface area (Å²) >= 11 is 0. The molecule has 0 aliphatic carbocycles. The summed E-state index contributed by atoms with van der Waals surface area (Å²) in [5.74, 6) is -1.56. The van der Waals surface area contributed by atoms with Crippen molar-refractivity contribution in [1.82, 2.24) is 8.87 Å². The number of ether oxygens (including phenoxy) is 2. The van der Waals surface area contributed by atoms with Gasteiger partial charge in [-0.1, -0.05) is 0 Å². The van der Waals surface area contributed by atoms with Gasteiger partial charge >= 0.3 is 5.97 Å². The normalized spacial score (nSPS) is 16.4. The molecule has 0 spiro atoms. The van der Waals surface area contributed by atoms with Gasteiger partial charge < -0.3 is 14.0 Å². The van der Waals surface area contributed by atoms with Crippen LogP contribution in [0.1, 0.15) is 51.9 Å². The van der Waals surface area contributed by atoms with Crippen molar-refractivity contribution in [2.45, 2.75) is 51.2 Å². The number of sulfonamides is 1. The number of esters is 1. The fourth-order valence-corrected chi connectivity index (χ4v) is 5.75. The number of hydrogen-bond acceptors (Lipinski definition) is 6. The van der Waals surface area contributed by atoms with Gasteiger partial charge in [0.15, 0.2) is 5.78 Å². The second kappa shape index (κ2) is 10.1. The minimum atomic E-state index is -4.10. The number of methoxy groups -OCH3 is 1. The van der Waals surface area contributed by atoms with Crippen LogP contribution in [-0.2, 0) is 26.0 Å². The van der Waals surface area contributed by atoms with Gasteiger partial charge in [0.1, 0.15) is 11.5 Å². The largest absolute Gasteiger partial charge is 0.464 e. The van der Waals surface area contributed by atoms with Crippen LogP contribution in [0.5, 0.6) is 0 Å². The van der Waals surface area contributed by atoms with Gasteiger partial charge in [-0.05, 0) is 63.4 Å². The van der Waals surface area contributed by atoms with Crippen molar-refractivity contribution in [2.24, 2.45) is 0 Å². The third kappa shape index (κ3) is 5.02. The Bertz CT molecular complexity index is 1130. The van der Waals surface area contributed by atoms with E-state index in [1.165, 1.54) is 19.2 Å². The van der Waals surface area contributed by atoms with Crippen molar-refractivity contribution < 1.29 is 31.9 Å². The fourth-order valence-electron chi connectivity index (χ4n) is 4.32. The Hall–Kier alpha value is -2.56. The quantitative estimate of drug-likeness (QED) is 0.404. The number of ketones is 1. The van der Waals surface area contributed by atoms with Crippen LogP contribution in [0, 0.1) is 19.7 Å². The molecule has 1 aliphatic rings. The number of hydrogen-bond donors (Lipinski definition) is 0. The fraction of sp³-hybridized carbons (Fsp3) is 0.478. The minimum Gasteiger partial charge on any atom is -0.464 e. The van der Waals surface area contributed by atoms with E-state index < -0.39 is 34.1 Å². The number of halogens is 1. The number of aromatic nitrogens is 1. The smallest absolute Gasteiger partial charge is 0.354 e. The van der Waals surface area contributed by atoms with Gasteiger partial charge in [-0.2, -0.15) is 4.31 Å². The molecule has 33 heavy (non-hydrogen) atoms. The molecule has 0 bridgehead atoms. The van der Waals surface area contributed by atoms with Gasteiger partial charge in [-0.15, -0.1) is 0 Å². The Balaban J connectivity index is 1.99. The average molecular weight is 481 g/mol. The maximum absolute atomic E-state index is 13.4. The lowest BCUT2D eigenvalue weighted by molar-refractivity contribution is 0.0587. The first-order valence-electron chi connectivity index (χ1n) is 10.8. The standard InChI is InChI=1S/C23H29FN2O6S/c1-5-26-16(3)21(15(2)22(26)23(28)31-4)20(27)14-25(13-18-7-6-12-32-18)33(29,30)19-10-8-17(24)9-11-19/h8-11,18H,5-7,12-14H2,1-4H3. The summed E-state index contributed by atoms with van der Waals surface area (Å²) < 4.78 is 53.4. The maximum Gasteiger partial charge on any atom is 0.354 e. The summed E-state index contributed by atoms with van der Waals surface area (Å²) in [5.41, 5.74) is 1.58. The molecule has 0 amide bonds. The SMILES string of the molecule is CCn1c(C)c(C(=O)CN(CC2CCCO2)S(=O)(=O)c2ccc(F)cc2)c(C)c1C(=O)OC. The summed E-state index contributed by atoms with van der Waals surface area (Å²) in [5, 5.41) is 0. The molecule has 1 aliphatic heterocycles. The molecule has 2 heterocycles. The van der Waals surface area contributed by atoms with E-state index in [1.807, 2.05) is 6.92 Å². The molecule has 10 heteroatoms. The maximum atomic E-state index is 13.4. The van der Waals surface area contributed by atoms with E-state index in [-0.39, 0.29) is 23.2 Å². The number of rotatable bonds is 9. The van der Waals surface area contributed by atoms with E-state index >= 15 is 0 Å². The van der Waals surface area contributed by atoms with Crippen molar-refractivity contribution in [2.75, 3.05) is 26.8 Å². The zero-order chi connectivity index (χ0) is 24.3. The van der Waals surface area contributed by atoms with Crippen LogP contribution >= 0.6 is 0 Å². The van der Waals surface area contributed by atoms with Crippen LogP contribution in [0.3, 0.4) is 0 Å². The van der Waals surface area contributed by atoms with Crippen molar-refractivity contribution in [3.63, 3.8) is 0 Å². The molecule has 8 nitrogen and oxygen atoms in total. The summed E-state index contributed by atoms with van der Waals surface area (Å²) in [7, 11) is -2.83. The van der Waals surface area contributed by atoms with Gasteiger partial charge in [0.05, 0.1) is 24.7 Å². The highest BCUT2D eigenvalue weighted by molar-refractivity contribution is 7.89. The molecule has 1 unspecified atom stereocenters. The molecule has 1 fully saturated rings. The summed E-state index contributed by atoms with van der Waals surface area (Å²) in [6, 6.07) is 4.49. The van der Waals surface area contributed by atoms with Crippen molar-refractivity contribution in [3.05, 3.63) is 52.6 Å². The van der Waals surface area contributed by atoms with E-state index in [4.69, 9.17) is 9.47 Å². The Morgan fingerprint density at radius 3 is 2.45 bits per heavy atom. The molecule has 1 aromatic carbocycles. The van der Waals surface area contributed by atoms with Crippen LogP contribution in [0.4, 0.5) is 4.39 Å². The number of benzene rings is 1. The van der Waals surface area contributed by atoms with Crippen molar-refractivity contribution >= 4 is 21.8 Å². The number of nitrogens with zero attached hydrogens (tertiary/aromatic N) is 2. The zero-order valence-corrected chi connectivity index (χ0v) is 20.1. The van der Waals surface area contributed by atoms with Crippen LogP contribution in [0.2, 0.25) is 0 Å². The van der Waals surface area contributed by atoms with Crippen LogP contribution in [0.25, 0.3) is 0 Å². The monoisotopic (exact) mass is 480 g/mol. The molecule has 0 N–H and O–H groups in total. The Kier molecular flexibility index (Phi) is 7.71. The molecule has 2 aromatic rings. The highest BCUT2D eigenvalue weighted by Gasteiger charge is 2.33. The predicted octanol–water partition coefficient (Wildman–Crippen LogP) is 3.10. The third-order valence-corrected chi connectivity index (χ3v) is 7.77. The van der Waals surface area contributed by atoms with Crippen LogP contribution < -0.4 is 0 Å². The first kappa shape index (κ1) is 25.1. The van der Waals surface area contributed by atoms with E-state index in [1.54, 1.807) is 18.4 Å². The number of carbonyl (C=O) groups excluding carboxylic acids is 2. The highest BCUT2D eigenvalue weighted by atomic mass is 32.2. The minimum absolute atomic E-state index is 0.00188. The molecule has 180 valence electrons. The lowest BCUT2D eigenvalue weighted by Gasteiger charge is -2.24. The molecule has 0 radical (unpaired) electrons. The first-order valence-corrected chi connectivity index (χ1v) is 12.2. The molecule has 1 atom stereocenters. The van der Waals surface area contributed by atoms with Gasteiger partial charge in [0.25, 0.3) is 0 Å². The van der Waals surface area contributed by atoms with Crippen LogP contribution in [0.15, 0.2) is 29.2 Å². The lowest BCUT2D eigenvalue weighted by Crippen LogP contribution is -2.41. The number of carbonyl (C=O) groups is 2. The summed E-state index contributed by atoms with van der Waals surface area (Å²) in [4.78, 5) is 25.6. The topological polar surface area (TPSA) is 94.9 Å². The Morgan fingerprint density at radius 1 is 1.24 bits per heavy atom. The summed E-state index contributed by atoms with van der Waals surface area (Å²) in [6.07, 6.45) is 1.16. The predicted molar refractivity (Wildman–Crippen MR) is 119 cm³/mol. The van der Waals surface area contributed by atoms with Gasteiger partial charge in [-0.3, -0.25) is 4.79 Å². The molecule has 1 saturated heterocycles. The van der Waals surface area contributed by atoms with Gasteiger partial charge in [0, 0.05) is 31.0 Å². The highest BCUT2D eigenvalue weighted by Crippen LogP contribution is 2.26. The first-order chi connectivity index (χ1) is 15.6.